The van der Waals surface area contributed by atoms with Crippen molar-refractivity contribution in [1.29, 1.82) is 0 Å². The standard InChI is InChI=1S/C18H20N2O3/c1-13-6-3-4-7-14(13)18(23)9-11-20(12-18)17(22)16(21)15-8-5-10-19(15)2/h3-8,10,23H,9,11-12H2,1-2H3/t18-/m0/s1. The Balaban J connectivity index is 1.80. The van der Waals surface area contributed by atoms with Gasteiger partial charge in [-0.05, 0) is 36.6 Å². The van der Waals surface area contributed by atoms with Crippen LogP contribution in [0, 0.1) is 6.92 Å². The van der Waals surface area contributed by atoms with E-state index >= 15 is 0 Å². The Bertz CT molecular complexity index is 765. The zero-order valence-electron chi connectivity index (χ0n) is 13.3. The van der Waals surface area contributed by atoms with E-state index in [2.05, 4.69) is 0 Å². The molecule has 0 radical (unpaired) electrons. The average molecular weight is 312 g/mol. The van der Waals surface area contributed by atoms with Crippen molar-refractivity contribution < 1.29 is 14.7 Å². The molecule has 1 aromatic heterocycles. The zero-order chi connectivity index (χ0) is 16.6. The summed E-state index contributed by atoms with van der Waals surface area (Å²) in [5, 5.41) is 10.9. The van der Waals surface area contributed by atoms with E-state index in [1.165, 1.54) is 4.90 Å². The number of β-amino-alcohol motifs (C(OH)–C–C–N with tert-alkyl or cyclic N) is 1. The van der Waals surface area contributed by atoms with E-state index in [9.17, 15) is 14.7 Å². The molecule has 1 atom stereocenters. The van der Waals surface area contributed by atoms with Crippen LogP contribution in [-0.2, 0) is 17.4 Å². The molecular formula is C18H20N2O3. The molecule has 0 spiro atoms. The first-order chi connectivity index (χ1) is 10.9. The minimum atomic E-state index is -1.09. The molecule has 2 aromatic rings. The number of aliphatic hydroxyl groups is 1. The molecule has 3 rings (SSSR count). The maximum absolute atomic E-state index is 12.5. The van der Waals surface area contributed by atoms with Gasteiger partial charge in [0.25, 0.3) is 11.7 Å². The molecule has 0 unspecified atom stereocenters. The van der Waals surface area contributed by atoms with Crippen molar-refractivity contribution in [3.63, 3.8) is 0 Å². The van der Waals surface area contributed by atoms with Gasteiger partial charge in [-0.1, -0.05) is 24.3 Å². The quantitative estimate of drug-likeness (QED) is 0.692. The Morgan fingerprint density at radius 3 is 2.57 bits per heavy atom. The number of ketones is 1. The number of hydrogen-bond donors (Lipinski definition) is 1. The number of aryl methyl sites for hydroxylation is 2. The van der Waals surface area contributed by atoms with Crippen molar-refractivity contribution in [2.75, 3.05) is 13.1 Å². The summed E-state index contributed by atoms with van der Waals surface area (Å²) in [6.07, 6.45) is 2.16. The van der Waals surface area contributed by atoms with Gasteiger partial charge in [-0.25, -0.2) is 0 Å². The van der Waals surface area contributed by atoms with E-state index in [-0.39, 0.29) is 6.54 Å². The SMILES string of the molecule is Cc1ccccc1[C@]1(O)CCN(C(=O)C(=O)c2cccn2C)C1. The molecule has 1 aromatic carbocycles. The molecule has 1 N–H and O–H groups in total. The van der Waals surface area contributed by atoms with E-state index in [1.807, 2.05) is 31.2 Å². The number of aromatic nitrogens is 1. The first kappa shape index (κ1) is 15.5. The average Bonchev–Trinajstić information content (AvgIpc) is 3.13. The molecule has 1 fully saturated rings. The van der Waals surface area contributed by atoms with Crippen LogP contribution in [0.15, 0.2) is 42.6 Å². The molecule has 5 nitrogen and oxygen atoms in total. The molecule has 0 saturated carbocycles. The molecule has 1 saturated heterocycles. The van der Waals surface area contributed by atoms with Crippen LogP contribution in [0.1, 0.15) is 28.0 Å². The van der Waals surface area contributed by atoms with Gasteiger partial charge in [0, 0.05) is 19.8 Å². The minimum absolute atomic E-state index is 0.146. The van der Waals surface area contributed by atoms with E-state index in [1.54, 1.807) is 29.9 Å². The number of carbonyl (C=O) groups excluding carboxylic acids is 2. The Labute approximate surface area is 135 Å². The highest BCUT2D eigenvalue weighted by Crippen LogP contribution is 2.34. The van der Waals surface area contributed by atoms with Crippen molar-refractivity contribution in [2.24, 2.45) is 7.05 Å². The summed E-state index contributed by atoms with van der Waals surface area (Å²) in [4.78, 5) is 26.2. The predicted molar refractivity (Wildman–Crippen MR) is 86.0 cm³/mol. The molecule has 2 heterocycles. The lowest BCUT2D eigenvalue weighted by molar-refractivity contribution is -0.126. The Morgan fingerprint density at radius 2 is 1.91 bits per heavy atom. The van der Waals surface area contributed by atoms with Crippen LogP contribution in [0.2, 0.25) is 0 Å². The predicted octanol–water partition coefficient (Wildman–Crippen LogP) is 1.64. The van der Waals surface area contributed by atoms with Crippen molar-refractivity contribution in [2.45, 2.75) is 18.9 Å². The largest absolute Gasteiger partial charge is 0.383 e. The van der Waals surface area contributed by atoms with Crippen LogP contribution >= 0.6 is 0 Å². The van der Waals surface area contributed by atoms with Crippen LogP contribution in [-0.4, -0.2) is 39.4 Å². The molecule has 120 valence electrons. The molecule has 1 amide bonds. The van der Waals surface area contributed by atoms with E-state index in [4.69, 9.17) is 0 Å². The van der Waals surface area contributed by atoms with Crippen LogP contribution in [0.3, 0.4) is 0 Å². The second-order valence-electron chi connectivity index (χ2n) is 6.16. The lowest BCUT2D eigenvalue weighted by Crippen LogP contribution is -2.38. The summed E-state index contributed by atoms with van der Waals surface area (Å²) in [5.41, 5.74) is 1.08. The number of amides is 1. The third-order valence-electron chi connectivity index (χ3n) is 4.55. The van der Waals surface area contributed by atoms with Gasteiger partial charge in [0.1, 0.15) is 5.60 Å². The number of nitrogens with zero attached hydrogens (tertiary/aromatic N) is 2. The van der Waals surface area contributed by atoms with Crippen LogP contribution < -0.4 is 0 Å². The molecule has 1 aliphatic heterocycles. The second-order valence-corrected chi connectivity index (χ2v) is 6.16. The van der Waals surface area contributed by atoms with Gasteiger partial charge < -0.3 is 14.6 Å². The molecular weight excluding hydrogens is 292 g/mol. The topological polar surface area (TPSA) is 62.5 Å². The number of benzene rings is 1. The van der Waals surface area contributed by atoms with E-state index in [0.29, 0.717) is 18.7 Å². The summed E-state index contributed by atoms with van der Waals surface area (Å²) in [6.45, 7) is 2.46. The summed E-state index contributed by atoms with van der Waals surface area (Å²) in [5.74, 6) is -1.09. The highest BCUT2D eigenvalue weighted by atomic mass is 16.3. The summed E-state index contributed by atoms with van der Waals surface area (Å²) < 4.78 is 1.63. The fourth-order valence-electron chi connectivity index (χ4n) is 3.23. The molecule has 1 aliphatic rings. The van der Waals surface area contributed by atoms with Gasteiger partial charge in [-0.3, -0.25) is 9.59 Å². The third kappa shape index (κ3) is 2.68. The van der Waals surface area contributed by atoms with Crippen molar-refractivity contribution in [1.82, 2.24) is 9.47 Å². The van der Waals surface area contributed by atoms with E-state index in [0.717, 1.165) is 11.1 Å². The lowest BCUT2D eigenvalue weighted by atomic mass is 9.89. The van der Waals surface area contributed by atoms with Gasteiger partial charge in [0.2, 0.25) is 0 Å². The van der Waals surface area contributed by atoms with Crippen LogP contribution in [0.5, 0.6) is 0 Å². The molecule has 0 bridgehead atoms. The highest BCUT2D eigenvalue weighted by molar-refractivity contribution is 6.42. The first-order valence-corrected chi connectivity index (χ1v) is 7.66. The van der Waals surface area contributed by atoms with Gasteiger partial charge in [-0.2, -0.15) is 0 Å². The Kier molecular flexibility index (Phi) is 3.82. The summed E-state index contributed by atoms with van der Waals surface area (Å²) >= 11 is 0. The van der Waals surface area contributed by atoms with Crippen molar-refractivity contribution >= 4 is 11.7 Å². The van der Waals surface area contributed by atoms with Gasteiger partial charge in [0.05, 0.1) is 12.2 Å². The molecule has 5 heteroatoms. The first-order valence-electron chi connectivity index (χ1n) is 7.66. The van der Waals surface area contributed by atoms with Gasteiger partial charge in [-0.15, -0.1) is 0 Å². The lowest BCUT2D eigenvalue weighted by Gasteiger charge is -2.25. The zero-order valence-corrected chi connectivity index (χ0v) is 13.3. The Morgan fingerprint density at radius 1 is 1.17 bits per heavy atom. The van der Waals surface area contributed by atoms with Crippen molar-refractivity contribution in [3.8, 4) is 0 Å². The summed E-state index contributed by atoms with van der Waals surface area (Å²) in [7, 11) is 1.73. The number of Topliss-reactive ketones (excluding diaryl/α,β-unsaturated/α-hetero) is 1. The van der Waals surface area contributed by atoms with Crippen LogP contribution in [0.25, 0.3) is 0 Å². The normalized spacial score (nSPS) is 20.7. The second kappa shape index (κ2) is 5.66. The van der Waals surface area contributed by atoms with E-state index < -0.39 is 17.3 Å². The summed E-state index contributed by atoms with van der Waals surface area (Å²) in [6, 6.07) is 11.0. The van der Waals surface area contributed by atoms with Gasteiger partial charge in [0.15, 0.2) is 0 Å². The highest BCUT2D eigenvalue weighted by Gasteiger charge is 2.42. The monoisotopic (exact) mass is 312 g/mol. The van der Waals surface area contributed by atoms with Crippen LogP contribution in [0.4, 0.5) is 0 Å². The van der Waals surface area contributed by atoms with Gasteiger partial charge >= 0.3 is 0 Å². The number of hydrogen-bond acceptors (Lipinski definition) is 3. The number of rotatable bonds is 3. The third-order valence-corrected chi connectivity index (χ3v) is 4.55. The number of carbonyl (C=O) groups is 2. The fourth-order valence-corrected chi connectivity index (χ4v) is 3.23. The fraction of sp³-hybridized carbons (Fsp3) is 0.333. The molecule has 23 heavy (non-hydrogen) atoms. The van der Waals surface area contributed by atoms with Crippen molar-refractivity contribution in [3.05, 3.63) is 59.4 Å². The maximum Gasteiger partial charge on any atom is 0.296 e. The number of likely N-dealkylation sites (tertiary alicyclic amines) is 1. The maximum atomic E-state index is 12.5. The minimum Gasteiger partial charge on any atom is -0.383 e. The smallest absolute Gasteiger partial charge is 0.296 e. The Hall–Kier alpha value is -2.40. The molecule has 0 aliphatic carbocycles.